The highest BCUT2D eigenvalue weighted by Gasteiger charge is 2.32. The van der Waals surface area contributed by atoms with Gasteiger partial charge >= 0.3 is 0 Å². The predicted octanol–water partition coefficient (Wildman–Crippen LogP) is 3.30. The number of thioether (sulfide) groups is 1. The molecule has 9 heteroatoms. The zero-order chi connectivity index (χ0) is 19.9. The fraction of sp³-hybridized carbons (Fsp3) is 0.158. The van der Waals surface area contributed by atoms with Crippen LogP contribution in [0.4, 0.5) is 5.69 Å². The number of amidine groups is 1. The molecule has 0 bridgehead atoms. The number of rotatable bonds is 6. The monoisotopic (exact) mass is 416 g/mol. The van der Waals surface area contributed by atoms with Crippen LogP contribution in [0.25, 0.3) is 0 Å². The van der Waals surface area contributed by atoms with Crippen LogP contribution in [0.5, 0.6) is 5.75 Å². The number of ether oxygens (including phenoxy) is 1. The van der Waals surface area contributed by atoms with Gasteiger partial charge in [-0.3, -0.25) is 9.59 Å². The maximum Gasteiger partial charge on any atom is 0.240 e. The van der Waals surface area contributed by atoms with E-state index >= 15 is 0 Å². The molecule has 1 heterocycles. The van der Waals surface area contributed by atoms with Gasteiger partial charge in [0.15, 0.2) is 5.17 Å². The van der Waals surface area contributed by atoms with Crippen molar-refractivity contribution in [3.05, 3.63) is 59.1 Å². The minimum atomic E-state index is -0.572. The molecule has 2 N–H and O–H groups in total. The molecule has 1 aliphatic rings. The zero-order valence-corrected chi connectivity index (χ0v) is 16.5. The SMILES string of the molecule is COc1ccc(C=NN=C2NC(=O)C(CC(=O)Nc3ccccc3Cl)S2)cc1. The summed E-state index contributed by atoms with van der Waals surface area (Å²) in [6.45, 7) is 0. The number of methoxy groups -OCH3 is 1. The number of hydrogen-bond donors (Lipinski definition) is 2. The van der Waals surface area contributed by atoms with Gasteiger partial charge in [0.25, 0.3) is 0 Å². The highest BCUT2D eigenvalue weighted by molar-refractivity contribution is 8.15. The Balaban J connectivity index is 1.55. The second-order valence-electron chi connectivity index (χ2n) is 5.75. The van der Waals surface area contributed by atoms with Crippen LogP contribution in [0.3, 0.4) is 0 Å². The van der Waals surface area contributed by atoms with E-state index in [0.717, 1.165) is 23.1 Å². The van der Waals surface area contributed by atoms with E-state index in [2.05, 4.69) is 20.8 Å². The van der Waals surface area contributed by atoms with Crippen molar-refractivity contribution in [1.82, 2.24) is 5.32 Å². The van der Waals surface area contributed by atoms with E-state index in [4.69, 9.17) is 16.3 Å². The molecule has 0 saturated carbocycles. The van der Waals surface area contributed by atoms with E-state index in [1.54, 1.807) is 37.6 Å². The average molecular weight is 417 g/mol. The van der Waals surface area contributed by atoms with E-state index in [9.17, 15) is 9.59 Å². The normalized spacial score (nSPS) is 17.7. The van der Waals surface area contributed by atoms with E-state index in [-0.39, 0.29) is 18.2 Å². The first-order valence-corrected chi connectivity index (χ1v) is 9.58. The van der Waals surface area contributed by atoms with Crippen LogP contribution in [-0.2, 0) is 9.59 Å². The third kappa shape index (κ3) is 5.34. The van der Waals surface area contributed by atoms with Crippen molar-refractivity contribution in [2.45, 2.75) is 11.7 Å². The largest absolute Gasteiger partial charge is 0.497 e. The van der Waals surface area contributed by atoms with Crippen LogP contribution >= 0.6 is 23.4 Å². The summed E-state index contributed by atoms with van der Waals surface area (Å²) in [5.74, 6) is 0.168. The van der Waals surface area contributed by atoms with Crippen LogP contribution in [-0.4, -0.2) is 35.6 Å². The summed E-state index contributed by atoms with van der Waals surface area (Å²) < 4.78 is 5.09. The van der Waals surface area contributed by atoms with Crippen molar-refractivity contribution in [1.29, 1.82) is 0 Å². The lowest BCUT2D eigenvalue weighted by atomic mass is 10.2. The molecule has 0 radical (unpaired) electrons. The van der Waals surface area contributed by atoms with Crippen molar-refractivity contribution in [2.24, 2.45) is 10.2 Å². The highest BCUT2D eigenvalue weighted by Crippen LogP contribution is 2.25. The third-order valence-electron chi connectivity index (χ3n) is 3.77. The molecule has 0 aliphatic carbocycles. The first-order valence-electron chi connectivity index (χ1n) is 8.32. The van der Waals surface area contributed by atoms with Crippen molar-refractivity contribution in [3.63, 3.8) is 0 Å². The predicted molar refractivity (Wildman–Crippen MR) is 112 cm³/mol. The molecule has 1 fully saturated rings. The van der Waals surface area contributed by atoms with Crippen molar-refractivity contribution >= 4 is 52.2 Å². The van der Waals surface area contributed by atoms with Crippen molar-refractivity contribution < 1.29 is 14.3 Å². The number of nitrogens with zero attached hydrogens (tertiary/aromatic N) is 2. The molecule has 0 aromatic heterocycles. The van der Waals surface area contributed by atoms with Gasteiger partial charge < -0.3 is 15.4 Å². The second-order valence-corrected chi connectivity index (χ2v) is 7.35. The number of hydrogen-bond acceptors (Lipinski definition) is 6. The molecule has 2 amide bonds. The Labute approximate surface area is 171 Å². The summed E-state index contributed by atoms with van der Waals surface area (Å²) in [7, 11) is 1.60. The second kappa shape index (κ2) is 9.38. The summed E-state index contributed by atoms with van der Waals surface area (Å²) >= 11 is 7.19. The summed E-state index contributed by atoms with van der Waals surface area (Å²) in [5.41, 5.74) is 1.35. The number of benzene rings is 2. The third-order valence-corrected chi connectivity index (χ3v) is 5.17. The number of carbonyl (C=O) groups is 2. The Bertz CT molecular complexity index is 931. The molecule has 1 saturated heterocycles. The minimum absolute atomic E-state index is 0.00291. The molecule has 3 rings (SSSR count). The van der Waals surface area contributed by atoms with Gasteiger partial charge in [0.1, 0.15) is 11.0 Å². The lowest BCUT2D eigenvalue weighted by Crippen LogP contribution is -2.28. The van der Waals surface area contributed by atoms with E-state index in [0.29, 0.717) is 15.9 Å². The smallest absolute Gasteiger partial charge is 0.240 e. The molecule has 28 heavy (non-hydrogen) atoms. The molecular weight excluding hydrogens is 400 g/mol. The minimum Gasteiger partial charge on any atom is -0.497 e. The number of carbonyl (C=O) groups excluding carboxylic acids is 2. The Hall–Kier alpha value is -2.84. The van der Waals surface area contributed by atoms with Gasteiger partial charge in [-0.2, -0.15) is 5.10 Å². The topological polar surface area (TPSA) is 92.2 Å². The fourth-order valence-corrected chi connectivity index (χ4v) is 3.46. The summed E-state index contributed by atoms with van der Waals surface area (Å²) in [6, 6.07) is 14.2. The van der Waals surface area contributed by atoms with E-state index in [1.165, 1.54) is 0 Å². The first-order chi connectivity index (χ1) is 13.5. The fourth-order valence-electron chi connectivity index (χ4n) is 2.36. The number of para-hydroxylation sites is 1. The molecule has 144 valence electrons. The number of amides is 2. The Morgan fingerprint density at radius 2 is 2.04 bits per heavy atom. The summed E-state index contributed by atoms with van der Waals surface area (Å²) in [6.07, 6.45) is 1.57. The Morgan fingerprint density at radius 1 is 1.29 bits per heavy atom. The van der Waals surface area contributed by atoms with Gasteiger partial charge in [-0.15, -0.1) is 5.10 Å². The Morgan fingerprint density at radius 3 is 2.75 bits per heavy atom. The number of halogens is 1. The van der Waals surface area contributed by atoms with Crippen LogP contribution in [0.1, 0.15) is 12.0 Å². The maximum atomic E-state index is 12.2. The van der Waals surface area contributed by atoms with Gasteiger partial charge in [-0.05, 0) is 42.0 Å². The van der Waals surface area contributed by atoms with Crippen molar-refractivity contribution in [2.75, 3.05) is 12.4 Å². The molecule has 2 aromatic rings. The number of nitrogens with one attached hydrogen (secondary N) is 2. The average Bonchev–Trinajstić information content (AvgIpc) is 3.03. The van der Waals surface area contributed by atoms with E-state index < -0.39 is 5.25 Å². The quantitative estimate of drug-likeness (QED) is 0.558. The van der Waals surface area contributed by atoms with Crippen LogP contribution in [0.15, 0.2) is 58.7 Å². The molecule has 7 nitrogen and oxygen atoms in total. The molecule has 1 aliphatic heterocycles. The van der Waals surface area contributed by atoms with Gasteiger partial charge in [0.2, 0.25) is 11.8 Å². The standard InChI is InChI=1S/C19H17ClN4O3S/c1-27-13-8-6-12(7-9-13)11-21-24-19-23-18(26)16(28-19)10-17(25)22-15-5-3-2-4-14(15)20/h2-9,11,16H,10H2,1H3,(H,22,25)(H,23,24,26). The highest BCUT2D eigenvalue weighted by atomic mass is 35.5. The summed E-state index contributed by atoms with van der Waals surface area (Å²) in [5, 5.41) is 13.5. The lowest BCUT2D eigenvalue weighted by molar-refractivity contribution is -0.122. The molecule has 1 atom stereocenters. The molecule has 1 unspecified atom stereocenters. The zero-order valence-electron chi connectivity index (χ0n) is 14.9. The lowest BCUT2D eigenvalue weighted by Gasteiger charge is -2.08. The molecule has 0 spiro atoms. The van der Waals surface area contributed by atoms with Gasteiger partial charge in [0, 0.05) is 6.42 Å². The first kappa shape index (κ1) is 19.9. The maximum absolute atomic E-state index is 12.2. The Kier molecular flexibility index (Phi) is 6.67. The van der Waals surface area contributed by atoms with Crippen LogP contribution < -0.4 is 15.4 Å². The van der Waals surface area contributed by atoms with Crippen LogP contribution in [0, 0.1) is 0 Å². The molecular formula is C19H17ClN4O3S. The summed E-state index contributed by atoms with van der Waals surface area (Å²) in [4.78, 5) is 24.2. The van der Waals surface area contributed by atoms with Gasteiger partial charge in [0.05, 0.1) is 24.0 Å². The number of anilines is 1. The van der Waals surface area contributed by atoms with Gasteiger partial charge in [-0.25, -0.2) is 0 Å². The van der Waals surface area contributed by atoms with Crippen molar-refractivity contribution in [3.8, 4) is 5.75 Å². The van der Waals surface area contributed by atoms with Crippen LogP contribution in [0.2, 0.25) is 5.02 Å². The van der Waals surface area contributed by atoms with E-state index in [1.807, 2.05) is 24.3 Å². The molecule has 2 aromatic carbocycles. The van der Waals surface area contributed by atoms with Gasteiger partial charge in [-0.1, -0.05) is 35.5 Å².